The van der Waals surface area contributed by atoms with E-state index in [1.54, 1.807) is 0 Å². The lowest BCUT2D eigenvalue weighted by Crippen LogP contribution is -2.30. The van der Waals surface area contributed by atoms with Crippen LogP contribution < -0.4 is 10.1 Å². The molecule has 0 radical (unpaired) electrons. The summed E-state index contributed by atoms with van der Waals surface area (Å²) in [5, 5.41) is 3.10. The molecular formula is C31H45N3O2. The molecule has 0 saturated heterocycles. The summed E-state index contributed by atoms with van der Waals surface area (Å²) >= 11 is 0. The fourth-order valence-electron chi connectivity index (χ4n) is 4.71. The number of unbranched alkanes of at least 4 members (excludes halogenated alkanes) is 2. The highest BCUT2D eigenvalue weighted by molar-refractivity contribution is 5.78. The number of nitrogens with one attached hydrogen (secondary N) is 1. The molecule has 1 N–H and O–H groups in total. The summed E-state index contributed by atoms with van der Waals surface area (Å²) in [6, 6.07) is 16.9. The van der Waals surface area contributed by atoms with E-state index in [0.717, 1.165) is 81.5 Å². The van der Waals surface area contributed by atoms with E-state index in [2.05, 4.69) is 86.1 Å². The molecule has 0 aliphatic rings. The van der Waals surface area contributed by atoms with Gasteiger partial charge in [0.15, 0.2) is 0 Å². The molecule has 0 aliphatic heterocycles. The Labute approximate surface area is 217 Å². The first kappa shape index (κ1) is 27.8. The van der Waals surface area contributed by atoms with Gasteiger partial charge in [-0.3, -0.25) is 4.79 Å². The van der Waals surface area contributed by atoms with Gasteiger partial charge in [0.05, 0.1) is 17.6 Å². The Bertz CT molecular complexity index is 1050. The molecule has 0 bridgehead atoms. The molecule has 0 fully saturated rings. The normalized spacial score (nSPS) is 12.2. The Kier molecular flexibility index (Phi) is 11.3. The Morgan fingerprint density at radius 3 is 2.42 bits per heavy atom. The minimum Gasteiger partial charge on any atom is -0.494 e. The van der Waals surface area contributed by atoms with Crippen molar-refractivity contribution in [2.45, 2.75) is 91.5 Å². The highest BCUT2D eigenvalue weighted by Crippen LogP contribution is 2.22. The van der Waals surface area contributed by atoms with Crippen LogP contribution in [0.15, 0.2) is 48.5 Å². The Morgan fingerprint density at radius 2 is 1.69 bits per heavy atom. The van der Waals surface area contributed by atoms with E-state index < -0.39 is 0 Å². The maximum atomic E-state index is 12.1. The number of rotatable bonds is 16. The summed E-state index contributed by atoms with van der Waals surface area (Å²) in [6.45, 7) is 11.0. The summed E-state index contributed by atoms with van der Waals surface area (Å²) in [5.41, 5.74) is 3.63. The number of aryl methyl sites for hydroxylation is 2. The van der Waals surface area contributed by atoms with Crippen molar-refractivity contribution >= 4 is 16.9 Å². The van der Waals surface area contributed by atoms with Crippen molar-refractivity contribution in [2.24, 2.45) is 5.92 Å². The molecular weight excluding hydrogens is 446 g/mol. The SMILES string of the molecule is CCC(CC)C(=O)NCCCCCc1nc2ccccc2n1CCCOc1ccc(C(C)CC)cc1. The van der Waals surface area contributed by atoms with E-state index in [0.29, 0.717) is 12.5 Å². The molecule has 1 atom stereocenters. The van der Waals surface area contributed by atoms with E-state index >= 15 is 0 Å². The fourth-order valence-corrected chi connectivity index (χ4v) is 4.71. The zero-order chi connectivity index (χ0) is 25.8. The molecule has 5 heteroatoms. The van der Waals surface area contributed by atoms with Gasteiger partial charge in [-0.25, -0.2) is 4.98 Å². The largest absolute Gasteiger partial charge is 0.494 e. The van der Waals surface area contributed by atoms with Gasteiger partial charge in [0.1, 0.15) is 11.6 Å². The lowest BCUT2D eigenvalue weighted by Gasteiger charge is -2.13. The summed E-state index contributed by atoms with van der Waals surface area (Å²) < 4.78 is 8.39. The highest BCUT2D eigenvalue weighted by atomic mass is 16.5. The molecule has 1 unspecified atom stereocenters. The van der Waals surface area contributed by atoms with Crippen LogP contribution in [-0.2, 0) is 17.8 Å². The van der Waals surface area contributed by atoms with Crippen LogP contribution in [-0.4, -0.2) is 28.6 Å². The Hall–Kier alpha value is -2.82. The first-order valence-corrected chi connectivity index (χ1v) is 14.0. The molecule has 36 heavy (non-hydrogen) atoms. The fraction of sp³-hybridized carbons (Fsp3) is 0.548. The van der Waals surface area contributed by atoms with Crippen LogP contribution in [0.25, 0.3) is 11.0 Å². The highest BCUT2D eigenvalue weighted by Gasteiger charge is 2.13. The van der Waals surface area contributed by atoms with Gasteiger partial charge in [-0.15, -0.1) is 0 Å². The van der Waals surface area contributed by atoms with E-state index in [4.69, 9.17) is 9.72 Å². The topological polar surface area (TPSA) is 56.2 Å². The van der Waals surface area contributed by atoms with E-state index in [1.807, 2.05) is 0 Å². The van der Waals surface area contributed by atoms with Crippen LogP contribution in [0.4, 0.5) is 0 Å². The second kappa shape index (κ2) is 14.7. The van der Waals surface area contributed by atoms with Crippen LogP contribution in [0.1, 0.15) is 89.9 Å². The van der Waals surface area contributed by atoms with Gasteiger partial charge < -0.3 is 14.6 Å². The van der Waals surface area contributed by atoms with Gasteiger partial charge in [0, 0.05) is 25.4 Å². The number of hydrogen-bond acceptors (Lipinski definition) is 3. The Balaban J connectivity index is 1.47. The van der Waals surface area contributed by atoms with E-state index in [9.17, 15) is 4.79 Å². The molecule has 5 nitrogen and oxygen atoms in total. The standard InChI is InChI=1S/C31H45N3O2/c1-5-24(4)26-17-19-27(20-18-26)36-23-13-22-34-29-15-11-10-14-28(29)33-30(34)16-9-8-12-21-32-31(35)25(6-2)7-3/h10-11,14-15,17-20,24-25H,5-9,12-13,16,21-23H2,1-4H3,(H,32,35). The number of carbonyl (C=O) groups excluding carboxylic acids is 1. The van der Waals surface area contributed by atoms with Crippen molar-refractivity contribution in [2.75, 3.05) is 13.2 Å². The van der Waals surface area contributed by atoms with Gasteiger partial charge in [-0.05, 0) is 74.3 Å². The van der Waals surface area contributed by atoms with Gasteiger partial charge in [-0.2, -0.15) is 0 Å². The minimum absolute atomic E-state index is 0.151. The number of benzene rings is 2. The van der Waals surface area contributed by atoms with Crippen LogP contribution >= 0.6 is 0 Å². The van der Waals surface area contributed by atoms with Crippen molar-refractivity contribution < 1.29 is 9.53 Å². The van der Waals surface area contributed by atoms with Gasteiger partial charge in [-0.1, -0.05) is 58.4 Å². The van der Waals surface area contributed by atoms with Gasteiger partial charge >= 0.3 is 0 Å². The van der Waals surface area contributed by atoms with Gasteiger partial charge in [0.2, 0.25) is 5.91 Å². The van der Waals surface area contributed by atoms with Crippen LogP contribution in [0.5, 0.6) is 5.75 Å². The number of para-hydroxylation sites is 2. The predicted octanol–water partition coefficient (Wildman–Crippen LogP) is 7.28. The first-order valence-electron chi connectivity index (χ1n) is 14.0. The molecule has 3 rings (SSSR count). The third kappa shape index (κ3) is 7.84. The second-order valence-electron chi connectivity index (χ2n) is 9.86. The maximum Gasteiger partial charge on any atom is 0.223 e. The molecule has 2 aromatic carbocycles. The van der Waals surface area contributed by atoms with Crippen LogP contribution in [0, 0.1) is 5.92 Å². The average molecular weight is 492 g/mol. The lowest BCUT2D eigenvalue weighted by atomic mass is 9.99. The monoisotopic (exact) mass is 491 g/mol. The minimum atomic E-state index is 0.151. The summed E-state index contributed by atoms with van der Waals surface area (Å²) in [4.78, 5) is 17.1. The molecule has 1 aromatic heterocycles. The molecule has 1 amide bonds. The smallest absolute Gasteiger partial charge is 0.223 e. The average Bonchev–Trinajstić information content (AvgIpc) is 3.26. The molecule has 1 heterocycles. The predicted molar refractivity (Wildman–Crippen MR) is 150 cm³/mol. The van der Waals surface area contributed by atoms with Crippen molar-refractivity contribution in [1.82, 2.24) is 14.9 Å². The third-order valence-corrected chi connectivity index (χ3v) is 7.32. The Morgan fingerprint density at radius 1 is 0.944 bits per heavy atom. The number of imidazole rings is 1. The zero-order valence-electron chi connectivity index (χ0n) is 22.8. The number of amides is 1. The first-order chi connectivity index (χ1) is 17.6. The number of ether oxygens (including phenoxy) is 1. The molecule has 3 aromatic rings. The number of carbonyl (C=O) groups is 1. The van der Waals surface area contributed by atoms with Crippen molar-refractivity contribution in [3.8, 4) is 5.75 Å². The maximum absolute atomic E-state index is 12.1. The van der Waals surface area contributed by atoms with Crippen molar-refractivity contribution in [3.63, 3.8) is 0 Å². The lowest BCUT2D eigenvalue weighted by molar-refractivity contribution is -0.125. The zero-order valence-corrected chi connectivity index (χ0v) is 22.8. The molecule has 0 saturated carbocycles. The van der Waals surface area contributed by atoms with Crippen LogP contribution in [0.3, 0.4) is 0 Å². The van der Waals surface area contributed by atoms with Crippen LogP contribution in [0.2, 0.25) is 0 Å². The number of fused-ring (bicyclic) bond motifs is 1. The molecule has 196 valence electrons. The second-order valence-corrected chi connectivity index (χ2v) is 9.86. The molecule has 0 spiro atoms. The van der Waals surface area contributed by atoms with Crippen molar-refractivity contribution in [3.05, 3.63) is 59.9 Å². The number of hydrogen-bond donors (Lipinski definition) is 1. The molecule has 0 aliphatic carbocycles. The van der Waals surface area contributed by atoms with E-state index in [1.165, 1.54) is 11.1 Å². The van der Waals surface area contributed by atoms with Gasteiger partial charge in [0.25, 0.3) is 0 Å². The summed E-state index contributed by atoms with van der Waals surface area (Å²) in [7, 11) is 0. The van der Waals surface area contributed by atoms with Crippen molar-refractivity contribution in [1.29, 1.82) is 0 Å². The van der Waals surface area contributed by atoms with E-state index in [-0.39, 0.29) is 11.8 Å². The quantitative estimate of drug-likeness (QED) is 0.214. The third-order valence-electron chi connectivity index (χ3n) is 7.32. The number of nitrogens with zero attached hydrogens (tertiary/aromatic N) is 2. The summed E-state index contributed by atoms with van der Waals surface area (Å²) in [5.74, 6) is 3.03. The number of aromatic nitrogens is 2. The summed E-state index contributed by atoms with van der Waals surface area (Å²) in [6.07, 6.45) is 8.02.